The van der Waals surface area contributed by atoms with E-state index in [2.05, 4.69) is 11.4 Å². The number of nitrogens with one attached hydrogen (secondary N) is 1. The Balaban J connectivity index is 1.52. The van der Waals surface area contributed by atoms with Gasteiger partial charge in [-0.05, 0) is 80.8 Å². The van der Waals surface area contributed by atoms with Gasteiger partial charge in [0.2, 0.25) is 10.0 Å². The van der Waals surface area contributed by atoms with Gasteiger partial charge < -0.3 is 14.8 Å². The lowest BCUT2D eigenvalue weighted by molar-refractivity contribution is -0.122. The highest BCUT2D eigenvalue weighted by atomic mass is 32.2. The quantitative estimate of drug-likeness (QED) is 0.683. The lowest BCUT2D eigenvalue weighted by atomic mass is 9.91. The fourth-order valence-corrected chi connectivity index (χ4v) is 5.90. The summed E-state index contributed by atoms with van der Waals surface area (Å²) in [6, 6.07) is 10.5. The maximum absolute atomic E-state index is 12.9. The number of methoxy groups -OCH3 is 1. The highest BCUT2D eigenvalue weighted by Crippen LogP contribution is 2.32. The first-order chi connectivity index (χ1) is 15.4. The van der Waals surface area contributed by atoms with Crippen molar-refractivity contribution in [2.45, 2.75) is 56.4 Å². The van der Waals surface area contributed by atoms with E-state index in [-0.39, 0.29) is 10.8 Å². The summed E-state index contributed by atoms with van der Waals surface area (Å²) in [5, 5.41) is 2.79. The highest BCUT2D eigenvalue weighted by molar-refractivity contribution is 7.89. The van der Waals surface area contributed by atoms with Gasteiger partial charge in [0.15, 0.2) is 6.10 Å². The summed E-state index contributed by atoms with van der Waals surface area (Å²) < 4.78 is 38.7. The maximum Gasteiger partial charge on any atom is 0.265 e. The monoisotopic (exact) mass is 458 g/mol. The van der Waals surface area contributed by atoms with Crippen LogP contribution < -0.4 is 14.8 Å². The second kappa shape index (κ2) is 9.50. The number of anilines is 1. The van der Waals surface area contributed by atoms with E-state index < -0.39 is 16.1 Å². The van der Waals surface area contributed by atoms with Crippen molar-refractivity contribution >= 4 is 21.6 Å². The van der Waals surface area contributed by atoms with Crippen molar-refractivity contribution in [2.75, 3.05) is 25.5 Å². The van der Waals surface area contributed by atoms with E-state index in [1.54, 1.807) is 13.0 Å². The zero-order chi connectivity index (χ0) is 22.7. The first kappa shape index (κ1) is 22.6. The number of fused-ring (bicyclic) bond motifs is 1. The van der Waals surface area contributed by atoms with Crippen LogP contribution in [0.2, 0.25) is 0 Å². The lowest BCUT2D eigenvalue weighted by Crippen LogP contribution is -2.31. The molecule has 2 aromatic carbocycles. The Kier molecular flexibility index (Phi) is 6.71. The molecule has 1 N–H and O–H groups in total. The minimum Gasteiger partial charge on any atom is -0.495 e. The molecule has 0 radical (unpaired) electrons. The molecule has 1 saturated heterocycles. The minimum absolute atomic E-state index is 0.140. The molecule has 0 bridgehead atoms. The van der Waals surface area contributed by atoms with E-state index in [1.807, 2.05) is 12.1 Å². The predicted molar refractivity (Wildman–Crippen MR) is 123 cm³/mol. The van der Waals surface area contributed by atoms with Gasteiger partial charge in [0.1, 0.15) is 11.5 Å². The smallest absolute Gasteiger partial charge is 0.265 e. The van der Waals surface area contributed by atoms with Crippen molar-refractivity contribution in [3.05, 3.63) is 47.5 Å². The molecule has 172 valence electrons. The molecule has 8 heteroatoms. The number of sulfonamides is 1. The van der Waals surface area contributed by atoms with Crippen LogP contribution in [0.1, 0.15) is 43.7 Å². The van der Waals surface area contributed by atoms with Gasteiger partial charge in [0.05, 0.1) is 17.7 Å². The molecule has 1 amide bonds. The third kappa shape index (κ3) is 4.61. The third-order valence-electron chi connectivity index (χ3n) is 6.16. The number of carbonyl (C=O) groups is 1. The topological polar surface area (TPSA) is 84.9 Å². The number of hydrogen-bond donors (Lipinski definition) is 1. The molecule has 0 saturated carbocycles. The van der Waals surface area contributed by atoms with Crippen LogP contribution in [0.4, 0.5) is 5.69 Å². The van der Waals surface area contributed by atoms with Gasteiger partial charge in [0.25, 0.3) is 5.91 Å². The molecule has 7 nitrogen and oxygen atoms in total. The summed E-state index contributed by atoms with van der Waals surface area (Å²) in [6.07, 6.45) is 5.22. The van der Waals surface area contributed by atoms with Crippen LogP contribution in [0.3, 0.4) is 0 Å². The average Bonchev–Trinajstić information content (AvgIpc) is 3.35. The first-order valence-corrected chi connectivity index (χ1v) is 12.6. The molecule has 0 spiro atoms. The lowest BCUT2D eigenvalue weighted by Gasteiger charge is -2.22. The van der Waals surface area contributed by atoms with Crippen molar-refractivity contribution in [1.29, 1.82) is 0 Å². The molecule has 1 unspecified atom stereocenters. The number of benzene rings is 2. The van der Waals surface area contributed by atoms with E-state index in [9.17, 15) is 13.2 Å². The van der Waals surface area contributed by atoms with E-state index in [1.165, 1.54) is 41.1 Å². The molecule has 1 aliphatic carbocycles. The van der Waals surface area contributed by atoms with Crippen LogP contribution in [0.15, 0.2) is 41.3 Å². The highest BCUT2D eigenvalue weighted by Gasteiger charge is 2.28. The molecule has 2 aromatic rings. The fraction of sp³-hybridized carbons (Fsp3) is 0.458. The first-order valence-electron chi connectivity index (χ1n) is 11.2. The van der Waals surface area contributed by atoms with Gasteiger partial charge in [-0.3, -0.25) is 4.79 Å². The maximum atomic E-state index is 12.9. The average molecular weight is 459 g/mol. The van der Waals surface area contributed by atoms with Crippen LogP contribution in [0.5, 0.6) is 11.5 Å². The van der Waals surface area contributed by atoms with Crippen LogP contribution in [0.25, 0.3) is 0 Å². The Morgan fingerprint density at radius 2 is 1.78 bits per heavy atom. The van der Waals surface area contributed by atoms with Gasteiger partial charge in [-0.1, -0.05) is 12.1 Å². The Morgan fingerprint density at radius 1 is 1.03 bits per heavy atom. The van der Waals surface area contributed by atoms with Crippen molar-refractivity contribution in [1.82, 2.24) is 4.31 Å². The van der Waals surface area contributed by atoms with E-state index in [0.717, 1.165) is 37.9 Å². The Morgan fingerprint density at radius 3 is 2.53 bits per heavy atom. The number of carbonyl (C=O) groups excluding carboxylic acids is 1. The number of nitrogens with zero attached hydrogens (tertiary/aromatic N) is 1. The zero-order valence-electron chi connectivity index (χ0n) is 18.6. The van der Waals surface area contributed by atoms with E-state index >= 15 is 0 Å². The molecule has 2 aliphatic rings. The van der Waals surface area contributed by atoms with Crippen LogP contribution in [0, 0.1) is 0 Å². The second-order valence-corrected chi connectivity index (χ2v) is 10.3. The summed E-state index contributed by atoms with van der Waals surface area (Å²) in [5.41, 5.74) is 2.76. The second-order valence-electron chi connectivity index (χ2n) is 8.32. The number of aryl methyl sites for hydroxylation is 1. The number of amides is 1. The minimum atomic E-state index is -3.61. The Hall–Kier alpha value is -2.58. The third-order valence-corrected chi connectivity index (χ3v) is 8.05. The molecule has 1 fully saturated rings. The summed E-state index contributed by atoms with van der Waals surface area (Å²) >= 11 is 0. The van der Waals surface area contributed by atoms with Crippen LogP contribution >= 0.6 is 0 Å². The Bertz CT molecular complexity index is 1090. The van der Waals surface area contributed by atoms with Crippen molar-refractivity contribution in [3.63, 3.8) is 0 Å². The fourth-order valence-electron chi connectivity index (χ4n) is 4.36. The normalized spacial score (nSPS) is 17.4. The summed E-state index contributed by atoms with van der Waals surface area (Å²) in [7, 11) is -2.12. The van der Waals surface area contributed by atoms with Crippen LogP contribution in [-0.4, -0.2) is 44.9 Å². The molecular weight excluding hydrogens is 428 g/mol. The summed E-state index contributed by atoms with van der Waals surface area (Å²) in [5.74, 6) is 0.762. The number of rotatable bonds is 7. The molecule has 1 heterocycles. The standard InChI is InChI=1S/C24H30N2O5S/c1-17(31-22-11-7-9-18-8-3-4-10-20(18)22)24(27)25-21-16-19(12-13-23(21)30-2)32(28,29)26-14-5-6-15-26/h7,9,11-13,16-17H,3-6,8,10,14-15H2,1-2H3,(H,25,27). The van der Waals surface area contributed by atoms with Gasteiger partial charge >= 0.3 is 0 Å². The van der Waals surface area contributed by atoms with Crippen molar-refractivity contribution < 1.29 is 22.7 Å². The predicted octanol–water partition coefficient (Wildman–Crippen LogP) is 3.76. The largest absolute Gasteiger partial charge is 0.495 e. The molecule has 0 aromatic heterocycles. The Labute approximate surface area is 189 Å². The van der Waals surface area contributed by atoms with Gasteiger partial charge in [0, 0.05) is 13.1 Å². The molecular formula is C24H30N2O5S. The zero-order valence-corrected chi connectivity index (χ0v) is 19.4. The van der Waals surface area contributed by atoms with Crippen molar-refractivity contribution in [2.24, 2.45) is 0 Å². The molecule has 1 atom stereocenters. The summed E-state index contributed by atoms with van der Waals surface area (Å²) in [4.78, 5) is 13.1. The van der Waals surface area contributed by atoms with Gasteiger partial charge in [-0.25, -0.2) is 8.42 Å². The molecule has 32 heavy (non-hydrogen) atoms. The summed E-state index contributed by atoms with van der Waals surface area (Å²) in [6.45, 7) is 2.72. The number of hydrogen-bond acceptors (Lipinski definition) is 5. The number of ether oxygens (including phenoxy) is 2. The van der Waals surface area contributed by atoms with Crippen molar-refractivity contribution in [3.8, 4) is 11.5 Å². The van der Waals surface area contributed by atoms with Gasteiger partial charge in [-0.15, -0.1) is 0 Å². The van der Waals surface area contributed by atoms with E-state index in [0.29, 0.717) is 24.5 Å². The van der Waals surface area contributed by atoms with Crippen LogP contribution in [-0.2, 0) is 27.7 Å². The molecule has 1 aliphatic heterocycles. The van der Waals surface area contributed by atoms with E-state index in [4.69, 9.17) is 9.47 Å². The SMILES string of the molecule is COc1ccc(S(=O)(=O)N2CCCC2)cc1NC(=O)C(C)Oc1cccc2c1CCCC2. The molecule has 4 rings (SSSR count). The van der Waals surface area contributed by atoms with Gasteiger partial charge in [-0.2, -0.15) is 4.31 Å².